The van der Waals surface area contributed by atoms with Gasteiger partial charge in [0.2, 0.25) is 11.9 Å². The maximum Gasteiger partial charge on any atom is 0.226 e. The zero-order valence-electron chi connectivity index (χ0n) is 15.4. The average molecular weight is 371 g/mol. The van der Waals surface area contributed by atoms with Gasteiger partial charge in [0.1, 0.15) is 0 Å². The highest BCUT2D eigenvalue weighted by Gasteiger charge is 2.46. The Labute approximate surface area is 158 Å². The van der Waals surface area contributed by atoms with Crippen LogP contribution in [0.5, 0.6) is 0 Å². The molecule has 1 aliphatic heterocycles. The summed E-state index contributed by atoms with van der Waals surface area (Å²) in [4.78, 5) is 26.2. The Bertz CT molecular complexity index is 764. The lowest BCUT2D eigenvalue weighted by Crippen LogP contribution is -2.40. The van der Waals surface area contributed by atoms with Gasteiger partial charge < -0.3 is 10.2 Å². The fourth-order valence-electron chi connectivity index (χ4n) is 3.75. The van der Waals surface area contributed by atoms with Crippen molar-refractivity contribution in [1.82, 2.24) is 14.9 Å². The van der Waals surface area contributed by atoms with Crippen LogP contribution >= 0.6 is 11.3 Å². The summed E-state index contributed by atoms with van der Waals surface area (Å²) < 4.78 is 0. The van der Waals surface area contributed by atoms with Gasteiger partial charge in [-0.15, -0.1) is 11.3 Å². The van der Waals surface area contributed by atoms with E-state index in [-0.39, 0.29) is 5.92 Å². The van der Waals surface area contributed by atoms with Crippen LogP contribution < -0.4 is 5.32 Å². The highest BCUT2D eigenvalue weighted by molar-refractivity contribution is 7.12. The second-order valence-electron chi connectivity index (χ2n) is 7.63. The number of rotatable bonds is 5. The van der Waals surface area contributed by atoms with Crippen molar-refractivity contribution >= 4 is 23.2 Å². The highest BCUT2D eigenvalue weighted by atomic mass is 32.1. The molecule has 2 atom stereocenters. The Balaban J connectivity index is 1.22. The van der Waals surface area contributed by atoms with Gasteiger partial charge in [0.05, 0.1) is 0 Å². The van der Waals surface area contributed by atoms with E-state index in [9.17, 15) is 4.79 Å². The number of likely N-dealkylation sites (tertiary alicyclic amines) is 1. The summed E-state index contributed by atoms with van der Waals surface area (Å²) in [5.74, 6) is 2.34. The van der Waals surface area contributed by atoms with Crippen molar-refractivity contribution in [2.45, 2.75) is 39.0 Å². The van der Waals surface area contributed by atoms with Crippen LogP contribution in [0.3, 0.4) is 0 Å². The maximum absolute atomic E-state index is 12.8. The molecular formula is C20H26N4OS. The first kappa shape index (κ1) is 17.5. The molecule has 1 aliphatic carbocycles. The third-order valence-electron chi connectivity index (χ3n) is 5.49. The molecule has 0 bridgehead atoms. The van der Waals surface area contributed by atoms with Crippen molar-refractivity contribution in [3.05, 3.63) is 39.8 Å². The average Bonchev–Trinajstić information content (AvgIpc) is 3.35. The van der Waals surface area contributed by atoms with E-state index >= 15 is 0 Å². The van der Waals surface area contributed by atoms with E-state index in [1.165, 1.54) is 9.75 Å². The molecule has 2 aromatic rings. The largest absolute Gasteiger partial charge is 0.354 e. The van der Waals surface area contributed by atoms with Crippen LogP contribution in [0.2, 0.25) is 0 Å². The van der Waals surface area contributed by atoms with Crippen molar-refractivity contribution in [2.24, 2.45) is 11.8 Å². The van der Waals surface area contributed by atoms with Gasteiger partial charge in [0.25, 0.3) is 0 Å². The van der Waals surface area contributed by atoms with E-state index in [0.717, 1.165) is 44.5 Å². The molecule has 1 N–H and O–H groups in total. The maximum atomic E-state index is 12.8. The number of aryl methyl sites for hydroxylation is 2. The van der Waals surface area contributed by atoms with E-state index in [4.69, 9.17) is 0 Å². The van der Waals surface area contributed by atoms with E-state index in [0.29, 0.717) is 23.7 Å². The summed E-state index contributed by atoms with van der Waals surface area (Å²) in [5.41, 5.74) is 1.07. The molecule has 0 spiro atoms. The third kappa shape index (κ3) is 3.90. The van der Waals surface area contributed by atoms with Crippen molar-refractivity contribution in [3.8, 4) is 0 Å². The van der Waals surface area contributed by atoms with E-state index < -0.39 is 0 Å². The number of nitrogens with one attached hydrogen (secondary N) is 1. The lowest BCUT2D eigenvalue weighted by molar-refractivity contribution is -0.134. The summed E-state index contributed by atoms with van der Waals surface area (Å²) >= 11 is 1.84. The Kier molecular flexibility index (Phi) is 4.94. The van der Waals surface area contributed by atoms with Crippen LogP contribution in [0.25, 0.3) is 0 Å². The summed E-state index contributed by atoms with van der Waals surface area (Å²) in [7, 11) is 0. The Hall–Kier alpha value is -1.95. The van der Waals surface area contributed by atoms with Gasteiger partial charge >= 0.3 is 0 Å². The molecule has 2 fully saturated rings. The van der Waals surface area contributed by atoms with Crippen LogP contribution in [-0.2, 0) is 4.79 Å². The number of piperidine rings is 1. The van der Waals surface area contributed by atoms with Crippen molar-refractivity contribution in [3.63, 3.8) is 0 Å². The van der Waals surface area contributed by atoms with Crippen LogP contribution in [-0.4, -0.2) is 40.4 Å². The van der Waals surface area contributed by atoms with Gasteiger partial charge in [-0.05, 0) is 56.7 Å². The molecule has 1 amide bonds. The molecule has 138 valence electrons. The molecule has 5 nitrogen and oxygen atoms in total. The number of nitrogens with zero attached hydrogens (tertiary/aromatic N) is 3. The number of carbonyl (C=O) groups excluding carboxylic acids is 1. The van der Waals surface area contributed by atoms with Gasteiger partial charge in [-0.2, -0.15) is 0 Å². The van der Waals surface area contributed by atoms with Gasteiger partial charge in [-0.25, -0.2) is 9.97 Å². The highest BCUT2D eigenvalue weighted by Crippen LogP contribution is 2.50. The van der Waals surface area contributed by atoms with Gasteiger partial charge in [0, 0.05) is 53.6 Å². The SMILES string of the molecule is Cc1cnc(NCC2CCN(C(=O)C3CC3c3ccc(C)s3)CC2)nc1. The minimum Gasteiger partial charge on any atom is -0.354 e. The van der Waals surface area contributed by atoms with Crippen LogP contribution in [0.15, 0.2) is 24.5 Å². The number of anilines is 1. The molecule has 1 saturated carbocycles. The molecule has 3 heterocycles. The molecule has 2 aromatic heterocycles. The number of thiophene rings is 1. The Morgan fingerprint density at radius 1 is 1.23 bits per heavy atom. The van der Waals surface area contributed by atoms with Crippen molar-refractivity contribution in [1.29, 1.82) is 0 Å². The summed E-state index contributed by atoms with van der Waals surface area (Å²) in [6.07, 6.45) is 6.81. The van der Waals surface area contributed by atoms with Gasteiger partial charge in [-0.1, -0.05) is 0 Å². The number of amides is 1. The minimum absolute atomic E-state index is 0.226. The lowest BCUT2D eigenvalue weighted by Gasteiger charge is -2.32. The number of hydrogen-bond acceptors (Lipinski definition) is 5. The lowest BCUT2D eigenvalue weighted by atomic mass is 9.96. The van der Waals surface area contributed by atoms with E-state index in [1.54, 1.807) is 0 Å². The minimum atomic E-state index is 0.226. The van der Waals surface area contributed by atoms with Crippen LogP contribution in [0.4, 0.5) is 5.95 Å². The van der Waals surface area contributed by atoms with E-state index in [1.807, 2.05) is 30.7 Å². The molecule has 0 radical (unpaired) electrons. The van der Waals surface area contributed by atoms with E-state index in [2.05, 4.69) is 39.2 Å². The number of hydrogen-bond donors (Lipinski definition) is 1. The predicted molar refractivity (Wildman–Crippen MR) is 104 cm³/mol. The summed E-state index contributed by atoms with van der Waals surface area (Å²) in [6.45, 7) is 6.76. The standard InChI is InChI=1S/C20H26N4OS/c1-13-10-21-20(22-11-13)23-12-15-5-7-24(8-6-15)19(25)17-9-16(17)18-4-3-14(2)26-18/h3-4,10-11,15-17H,5-9,12H2,1-2H3,(H,21,22,23). The summed E-state index contributed by atoms with van der Waals surface area (Å²) in [6, 6.07) is 4.36. The number of aromatic nitrogens is 2. The zero-order chi connectivity index (χ0) is 18.1. The van der Waals surface area contributed by atoms with Crippen LogP contribution in [0.1, 0.15) is 40.5 Å². The smallest absolute Gasteiger partial charge is 0.226 e. The topological polar surface area (TPSA) is 58.1 Å². The fourth-order valence-corrected chi connectivity index (χ4v) is 4.80. The van der Waals surface area contributed by atoms with Crippen molar-refractivity contribution in [2.75, 3.05) is 25.0 Å². The third-order valence-corrected chi connectivity index (χ3v) is 6.62. The molecule has 0 aromatic carbocycles. The first-order valence-electron chi connectivity index (χ1n) is 9.48. The summed E-state index contributed by atoms with van der Waals surface area (Å²) in [5, 5.41) is 3.33. The monoisotopic (exact) mass is 370 g/mol. The second kappa shape index (κ2) is 7.35. The molecule has 26 heavy (non-hydrogen) atoms. The van der Waals surface area contributed by atoms with Crippen LogP contribution in [0, 0.1) is 25.7 Å². The van der Waals surface area contributed by atoms with Gasteiger partial charge in [0.15, 0.2) is 0 Å². The fraction of sp³-hybridized carbons (Fsp3) is 0.550. The quantitative estimate of drug-likeness (QED) is 0.873. The van der Waals surface area contributed by atoms with Gasteiger partial charge in [-0.3, -0.25) is 4.79 Å². The normalized spacial score (nSPS) is 23.1. The second-order valence-corrected chi connectivity index (χ2v) is 8.95. The first-order valence-corrected chi connectivity index (χ1v) is 10.3. The molecule has 6 heteroatoms. The zero-order valence-corrected chi connectivity index (χ0v) is 16.3. The Morgan fingerprint density at radius 3 is 2.62 bits per heavy atom. The number of carbonyl (C=O) groups is 1. The first-order chi connectivity index (χ1) is 12.6. The predicted octanol–water partition coefficient (Wildman–Crippen LogP) is 3.61. The molecule has 1 saturated heterocycles. The Morgan fingerprint density at radius 2 is 1.96 bits per heavy atom. The van der Waals surface area contributed by atoms with Crippen molar-refractivity contribution < 1.29 is 4.79 Å². The molecular weight excluding hydrogens is 344 g/mol. The molecule has 2 aliphatic rings. The molecule has 2 unspecified atom stereocenters. The molecule has 4 rings (SSSR count).